The molecule has 0 N–H and O–H groups in total. The molecule has 3 heterocycles. The van der Waals surface area contributed by atoms with Crippen molar-refractivity contribution in [3.8, 4) is 0 Å². The summed E-state index contributed by atoms with van der Waals surface area (Å²) in [6.07, 6.45) is 4.88. The van der Waals surface area contributed by atoms with Gasteiger partial charge >= 0.3 is 0 Å². The number of hydrogen-bond acceptors (Lipinski definition) is 6. The minimum atomic E-state index is 0.473. The van der Waals surface area contributed by atoms with Gasteiger partial charge in [0.1, 0.15) is 0 Å². The van der Waals surface area contributed by atoms with E-state index in [0.29, 0.717) is 17.6 Å². The van der Waals surface area contributed by atoms with Crippen molar-refractivity contribution in [2.75, 3.05) is 0 Å². The molecule has 7 nitrogen and oxygen atoms in total. The van der Waals surface area contributed by atoms with Crippen LogP contribution in [0.15, 0.2) is 33.9 Å². The normalized spacial score (nSPS) is 15.7. The highest BCUT2D eigenvalue weighted by Crippen LogP contribution is 2.33. The zero-order chi connectivity index (χ0) is 16.8. The standard InChI is InChI=1S/C17H18N6OS/c1-22-12-8-4-5-9-13(12)23-16(22)19-20-17(23)25-10-14-18-15(21-24-14)11-6-2-3-7-11/h4-5,8-9,11H,2-3,6-7,10H2,1H3. The van der Waals surface area contributed by atoms with Gasteiger partial charge in [0.15, 0.2) is 11.0 Å². The van der Waals surface area contributed by atoms with E-state index in [1.165, 1.54) is 25.7 Å². The quantitative estimate of drug-likeness (QED) is 0.522. The molecule has 1 fully saturated rings. The van der Waals surface area contributed by atoms with Crippen molar-refractivity contribution in [1.82, 2.24) is 29.3 Å². The fourth-order valence-corrected chi connectivity index (χ4v) is 4.41. The SMILES string of the molecule is Cn1c2ccccc2n2c(SCc3nc(C4CCCC4)no3)nnc12. The predicted octanol–water partition coefficient (Wildman–Crippen LogP) is 3.55. The van der Waals surface area contributed by atoms with E-state index < -0.39 is 0 Å². The maximum Gasteiger partial charge on any atom is 0.237 e. The van der Waals surface area contributed by atoms with Crippen LogP contribution in [-0.4, -0.2) is 29.3 Å². The molecule has 4 aromatic rings. The van der Waals surface area contributed by atoms with Crippen LogP contribution in [0.3, 0.4) is 0 Å². The Morgan fingerprint density at radius 3 is 2.80 bits per heavy atom. The summed E-state index contributed by atoms with van der Waals surface area (Å²) in [6, 6.07) is 8.23. The number of hydrogen-bond donors (Lipinski definition) is 0. The number of fused-ring (bicyclic) bond motifs is 3. The smallest absolute Gasteiger partial charge is 0.237 e. The summed E-state index contributed by atoms with van der Waals surface area (Å²) in [5.74, 6) is 3.43. The molecule has 8 heteroatoms. The average molecular weight is 354 g/mol. The molecule has 1 aromatic carbocycles. The molecule has 0 bridgehead atoms. The van der Waals surface area contributed by atoms with Crippen LogP contribution in [0, 0.1) is 0 Å². The Morgan fingerprint density at radius 1 is 1.16 bits per heavy atom. The number of nitrogens with zero attached hydrogens (tertiary/aromatic N) is 6. The van der Waals surface area contributed by atoms with Gasteiger partial charge in [0.2, 0.25) is 11.7 Å². The summed E-state index contributed by atoms with van der Waals surface area (Å²) in [4.78, 5) is 4.58. The molecule has 0 radical (unpaired) electrons. The molecular formula is C17H18N6OS. The molecule has 5 rings (SSSR count). The first-order valence-corrected chi connectivity index (χ1v) is 9.53. The van der Waals surface area contributed by atoms with Crippen LogP contribution in [0.2, 0.25) is 0 Å². The first kappa shape index (κ1) is 14.9. The van der Waals surface area contributed by atoms with Crippen LogP contribution in [0.4, 0.5) is 0 Å². The van der Waals surface area contributed by atoms with Crippen LogP contribution < -0.4 is 0 Å². The summed E-state index contributed by atoms with van der Waals surface area (Å²) in [7, 11) is 2.01. The van der Waals surface area contributed by atoms with Crippen molar-refractivity contribution in [3.63, 3.8) is 0 Å². The van der Waals surface area contributed by atoms with Gasteiger partial charge in [0, 0.05) is 13.0 Å². The van der Waals surface area contributed by atoms with Crippen molar-refractivity contribution in [1.29, 1.82) is 0 Å². The third-order valence-corrected chi connectivity index (χ3v) is 5.84. The third-order valence-electron chi connectivity index (χ3n) is 4.93. The monoisotopic (exact) mass is 354 g/mol. The van der Waals surface area contributed by atoms with E-state index in [1.54, 1.807) is 11.8 Å². The van der Waals surface area contributed by atoms with Gasteiger partial charge in [0.25, 0.3) is 0 Å². The average Bonchev–Trinajstić information content (AvgIpc) is 3.41. The molecule has 3 aromatic heterocycles. The highest BCUT2D eigenvalue weighted by atomic mass is 32.2. The van der Waals surface area contributed by atoms with Gasteiger partial charge in [-0.25, -0.2) is 0 Å². The van der Waals surface area contributed by atoms with Crippen molar-refractivity contribution < 1.29 is 4.52 Å². The third kappa shape index (κ3) is 2.43. The van der Waals surface area contributed by atoms with Gasteiger partial charge in [-0.2, -0.15) is 4.98 Å². The zero-order valence-corrected chi connectivity index (χ0v) is 14.7. The van der Waals surface area contributed by atoms with Crippen LogP contribution in [-0.2, 0) is 12.8 Å². The Morgan fingerprint density at radius 2 is 1.96 bits per heavy atom. The molecule has 1 saturated carbocycles. The minimum Gasteiger partial charge on any atom is -0.338 e. The lowest BCUT2D eigenvalue weighted by atomic mass is 10.1. The van der Waals surface area contributed by atoms with Crippen LogP contribution in [0.25, 0.3) is 16.8 Å². The summed E-state index contributed by atoms with van der Waals surface area (Å²) < 4.78 is 9.57. The van der Waals surface area contributed by atoms with Crippen molar-refractivity contribution in [2.45, 2.75) is 42.5 Å². The Hall–Kier alpha value is -2.35. The number of para-hydroxylation sites is 2. The maximum atomic E-state index is 5.44. The first-order valence-electron chi connectivity index (χ1n) is 8.55. The van der Waals surface area contributed by atoms with E-state index in [1.807, 2.05) is 19.2 Å². The summed E-state index contributed by atoms with van der Waals surface area (Å²) in [6.45, 7) is 0. The van der Waals surface area contributed by atoms with Gasteiger partial charge < -0.3 is 9.09 Å². The highest BCUT2D eigenvalue weighted by molar-refractivity contribution is 7.98. The molecule has 0 saturated heterocycles. The fourth-order valence-electron chi connectivity index (χ4n) is 3.63. The predicted molar refractivity (Wildman–Crippen MR) is 94.5 cm³/mol. The van der Waals surface area contributed by atoms with E-state index in [2.05, 4.69) is 41.4 Å². The molecule has 25 heavy (non-hydrogen) atoms. The molecule has 0 aliphatic heterocycles. The second-order valence-electron chi connectivity index (χ2n) is 6.48. The van der Waals surface area contributed by atoms with Crippen molar-refractivity contribution in [2.24, 2.45) is 7.05 Å². The van der Waals surface area contributed by atoms with Crippen LogP contribution in [0.5, 0.6) is 0 Å². The minimum absolute atomic E-state index is 0.473. The lowest BCUT2D eigenvalue weighted by Gasteiger charge is -1.99. The number of aryl methyl sites for hydroxylation is 1. The highest BCUT2D eigenvalue weighted by Gasteiger charge is 2.22. The molecule has 0 unspecified atom stereocenters. The molecule has 0 amide bonds. The molecule has 1 aliphatic carbocycles. The van der Waals surface area contributed by atoms with Gasteiger partial charge in [0.05, 0.1) is 16.8 Å². The molecule has 1 aliphatic rings. The number of thioether (sulfide) groups is 1. The van der Waals surface area contributed by atoms with E-state index >= 15 is 0 Å². The second kappa shape index (κ2) is 5.87. The number of aromatic nitrogens is 6. The largest absolute Gasteiger partial charge is 0.338 e. The van der Waals surface area contributed by atoms with Gasteiger partial charge in [-0.15, -0.1) is 10.2 Å². The van der Waals surface area contributed by atoms with Crippen LogP contribution >= 0.6 is 11.8 Å². The zero-order valence-electron chi connectivity index (χ0n) is 13.9. The summed E-state index contributed by atoms with van der Waals surface area (Å²) >= 11 is 1.57. The maximum absolute atomic E-state index is 5.44. The Kier molecular flexibility index (Phi) is 3.51. The summed E-state index contributed by atoms with van der Waals surface area (Å²) in [5.41, 5.74) is 2.24. The second-order valence-corrected chi connectivity index (χ2v) is 7.42. The Balaban J connectivity index is 1.42. The van der Waals surface area contributed by atoms with E-state index in [4.69, 9.17) is 4.52 Å². The lowest BCUT2D eigenvalue weighted by molar-refractivity contribution is 0.380. The molecule has 128 valence electrons. The Labute approximate surface area is 148 Å². The van der Waals surface area contributed by atoms with Crippen molar-refractivity contribution in [3.05, 3.63) is 36.0 Å². The van der Waals surface area contributed by atoms with Gasteiger partial charge in [-0.3, -0.25) is 4.40 Å². The Bertz CT molecular complexity index is 1040. The van der Waals surface area contributed by atoms with E-state index in [9.17, 15) is 0 Å². The fraction of sp³-hybridized carbons (Fsp3) is 0.412. The molecule has 0 spiro atoms. The van der Waals surface area contributed by atoms with Crippen molar-refractivity contribution >= 4 is 28.6 Å². The molecule has 0 atom stereocenters. The van der Waals surface area contributed by atoms with Gasteiger partial charge in [-0.1, -0.05) is 41.9 Å². The number of imidazole rings is 1. The molecular weight excluding hydrogens is 336 g/mol. The van der Waals surface area contributed by atoms with Crippen LogP contribution in [0.1, 0.15) is 43.3 Å². The first-order chi connectivity index (χ1) is 12.3. The summed E-state index contributed by atoms with van der Waals surface area (Å²) in [5, 5.41) is 13.7. The topological polar surface area (TPSA) is 74.0 Å². The lowest BCUT2D eigenvalue weighted by Crippen LogP contribution is -1.95. The number of benzene rings is 1. The van der Waals surface area contributed by atoms with Gasteiger partial charge in [-0.05, 0) is 25.0 Å². The number of rotatable bonds is 4. The van der Waals surface area contributed by atoms with E-state index in [-0.39, 0.29) is 0 Å². The van der Waals surface area contributed by atoms with E-state index in [0.717, 1.165) is 27.8 Å².